The fraction of sp³-hybridized carbons (Fsp3) is 0.417. The molecule has 1 amide bonds. The van der Waals surface area contributed by atoms with E-state index in [0.29, 0.717) is 5.69 Å². The molecule has 0 radical (unpaired) electrons. The van der Waals surface area contributed by atoms with E-state index in [1.807, 2.05) is 13.8 Å². The van der Waals surface area contributed by atoms with E-state index in [0.717, 1.165) is 0 Å². The Morgan fingerprint density at radius 2 is 2.18 bits per heavy atom. The van der Waals surface area contributed by atoms with Crippen molar-refractivity contribution in [1.82, 2.24) is 5.32 Å². The summed E-state index contributed by atoms with van der Waals surface area (Å²) >= 11 is 0. The highest BCUT2D eigenvalue weighted by molar-refractivity contribution is 5.92. The van der Waals surface area contributed by atoms with Gasteiger partial charge in [-0.3, -0.25) is 4.79 Å². The minimum atomic E-state index is -0.453. The molecule has 0 aliphatic rings. The predicted molar refractivity (Wildman–Crippen MR) is 64.7 cm³/mol. The Balaban J connectivity index is 2.59. The largest absolute Gasteiger partial charge is 0.494 e. The SMILES string of the molecule is COc1cc(NC(=O)CNC(C)C)ccc1F. The van der Waals surface area contributed by atoms with Gasteiger partial charge in [0.05, 0.1) is 13.7 Å². The molecule has 0 aliphatic heterocycles. The van der Waals surface area contributed by atoms with Crippen molar-refractivity contribution >= 4 is 11.6 Å². The summed E-state index contributed by atoms with van der Waals surface area (Å²) in [6.45, 7) is 4.12. The highest BCUT2D eigenvalue weighted by Gasteiger charge is 2.06. The first kappa shape index (κ1) is 13.4. The Bertz CT molecular complexity index is 394. The molecular weight excluding hydrogens is 223 g/mol. The van der Waals surface area contributed by atoms with Gasteiger partial charge in [0.2, 0.25) is 5.91 Å². The molecule has 1 rings (SSSR count). The van der Waals surface area contributed by atoms with Crippen molar-refractivity contribution in [1.29, 1.82) is 0 Å². The summed E-state index contributed by atoms with van der Waals surface area (Å²) in [4.78, 5) is 11.5. The summed E-state index contributed by atoms with van der Waals surface area (Å²) in [5.41, 5.74) is 0.513. The molecule has 0 spiro atoms. The maximum Gasteiger partial charge on any atom is 0.238 e. The van der Waals surface area contributed by atoms with E-state index in [2.05, 4.69) is 10.6 Å². The fourth-order valence-corrected chi connectivity index (χ4v) is 1.24. The zero-order valence-corrected chi connectivity index (χ0v) is 10.2. The Morgan fingerprint density at radius 3 is 2.76 bits per heavy atom. The number of nitrogens with one attached hydrogen (secondary N) is 2. The number of benzene rings is 1. The summed E-state index contributed by atoms with van der Waals surface area (Å²) < 4.78 is 17.9. The number of methoxy groups -OCH3 is 1. The molecule has 0 aliphatic carbocycles. The Labute approximate surface area is 100 Å². The van der Waals surface area contributed by atoms with Gasteiger partial charge in [0.25, 0.3) is 0 Å². The van der Waals surface area contributed by atoms with Crippen molar-refractivity contribution in [2.75, 3.05) is 19.0 Å². The molecule has 4 nitrogen and oxygen atoms in total. The lowest BCUT2D eigenvalue weighted by Gasteiger charge is -2.10. The van der Waals surface area contributed by atoms with Crippen LogP contribution >= 0.6 is 0 Å². The molecule has 94 valence electrons. The molecule has 5 heteroatoms. The average Bonchev–Trinajstić information content (AvgIpc) is 2.29. The van der Waals surface area contributed by atoms with E-state index in [-0.39, 0.29) is 24.2 Å². The third-order valence-electron chi connectivity index (χ3n) is 2.11. The van der Waals surface area contributed by atoms with Crippen LogP contribution in [0.25, 0.3) is 0 Å². The number of carbonyl (C=O) groups is 1. The zero-order valence-electron chi connectivity index (χ0n) is 10.2. The lowest BCUT2D eigenvalue weighted by molar-refractivity contribution is -0.115. The lowest BCUT2D eigenvalue weighted by atomic mass is 10.3. The van der Waals surface area contributed by atoms with Crippen molar-refractivity contribution in [3.63, 3.8) is 0 Å². The van der Waals surface area contributed by atoms with Crippen molar-refractivity contribution in [3.8, 4) is 5.75 Å². The van der Waals surface area contributed by atoms with Gasteiger partial charge in [0.1, 0.15) is 0 Å². The third kappa shape index (κ3) is 4.40. The van der Waals surface area contributed by atoms with E-state index in [4.69, 9.17) is 4.74 Å². The van der Waals surface area contributed by atoms with Gasteiger partial charge < -0.3 is 15.4 Å². The lowest BCUT2D eigenvalue weighted by Crippen LogP contribution is -2.32. The number of hydrogen-bond acceptors (Lipinski definition) is 3. The number of ether oxygens (including phenoxy) is 1. The Kier molecular flexibility index (Phi) is 4.90. The minimum absolute atomic E-state index is 0.111. The second-order valence-corrected chi connectivity index (χ2v) is 3.93. The van der Waals surface area contributed by atoms with E-state index >= 15 is 0 Å². The molecular formula is C12H17FN2O2. The Morgan fingerprint density at radius 1 is 1.47 bits per heavy atom. The summed E-state index contributed by atoms with van der Waals surface area (Å²) in [6.07, 6.45) is 0. The third-order valence-corrected chi connectivity index (χ3v) is 2.11. The number of carbonyl (C=O) groups excluding carboxylic acids is 1. The fourth-order valence-electron chi connectivity index (χ4n) is 1.24. The van der Waals surface area contributed by atoms with Gasteiger partial charge in [-0.2, -0.15) is 0 Å². The number of halogens is 1. The quantitative estimate of drug-likeness (QED) is 0.824. The molecule has 0 aromatic heterocycles. The summed E-state index contributed by atoms with van der Waals surface area (Å²) in [5.74, 6) is -0.516. The van der Waals surface area contributed by atoms with Gasteiger partial charge in [-0.05, 0) is 12.1 Å². The van der Waals surface area contributed by atoms with E-state index in [1.54, 1.807) is 0 Å². The van der Waals surface area contributed by atoms with Crippen LogP contribution in [-0.2, 0) is 4.79 Å². The van der Waals surface area contributed by atoms with Crippen molar-refractivity contribution in [3.05, 3.63) is 24.0 Å². The number of rotatable bonds is 5. The van der Waals surface area contributed by atoms with Crippen molar-refractivity contribution in [2.24, 2.45) is 0 Å². The predicted octanol–water partition coefficient (Wildman–Crippen LogP) is 1.77. The normalized spacial score (nSPS) is 10.4. The van der Waals surface area contributed by atoms with Gasteiger partial charge >= 0.3 is 0 Å². The van der Waals surface area contributed by atoms with E-state index < -0.39 is 5.82 Å². The topological polar surface area (TPSA) is 50.4 Å². The molecule has 0 atom stereocenters. The maximum atomic E-state index is 13.1. The summed E-state index contributed by atoms with van der Waals surface area (Å²) in [7, 11) is 1.38. The highest BCUT2D eigenvalue weighted by atomic mass is 19.1. The van der Waals surface area contributed by atoms with Crippen LogP contribution in [0.4, 0.5) is 10.1 Å². The number of anilines is 1. The second-order valence-electron chi connectivity index (χ2n) is 3.93. The van der Waals surface area contributed by atoms with Crippen LogP contribution in [0.3, 0.4) is 0 Å². The van der Waals surface area contributed by atoms with Crippen LogP contribution in [-0.4, -0.2) is 25.6 Å². The maximum absolute atomic E-state index is 13.1. The van der Waals surface area contributed by atoms with E-state index in [1.165, 1.54) is 25.3 Å². The summed E-state index contributed by atoms with van der Waals surface area (Å²) in [6, 6.07) is 4.43. The van der Waals surface area contributed by atoms with Crippen LogP contribution < -0.4 is 15.4 Å². The number of amides is 1. The van der Waals surface area contributed by atoms with Crippen LogP contribution in [0, 0.1) is 5.82 Å². The first-order valence-electron chi connectivity index (χ1n) is 5.39. The molecule has 1 aromatic carbocycles. The molecule has 0 fully saturated rings. The van der Waals surface area contributed by atoms with Crippen LogP contribution in [0.5, 0.6) is 5.75 Å². The standard InChI is InChI=1S/C12H17FN2O2/c1-8(2)14-7-12(16)15-9-4-5-10(13)11(6-9)17-3/h4-6,8,14H,7H2,1-3H3,(H,15,16). The highest BCUT2D eigenvalue weighted by Crippen LogP contribution is 2.21. The van der Waals surface area contributed by atoms with E-state index in [9.17, 15) is 9.18 Å². The van der Waals surface area contributed by atoms with Gasteiger partial charge in [-0.1, -0.05) is 13.8 Å². The molecule has 2 N–H and O–H groups in total. The monoisotopic (exact) mass is 240 g/mol. The molecule has 17 heavy (non-hydrogen) atoms. The molecule has 0 unspecified atom stereocenters. The van der Waals surface area contributed by atoms with Gasteiger partial charge in [0, 0.05) is 17.8 Å². The molecule has 1 aromatic rings. The zero-order chi connectivity index (χ0) is 12.8. The number of hydrogen-bond donors (Lipinski definition) is 2. The second kappa shape index (κ2) is 6.20. The molecule has 0 heterocycles. The first-order chi connectivity index (χ1) is 8.02. The minimum Gasteiger partial charge on any atom is -0.494 e. The molecule has 0 saturated carbocycles. The first-order valence-corrected chi connectivity index (χ1v) is 5.39. The molecule has 0 bridgehead atoms. The van der Waals surface area contributed by atoms with Gasteiger partial charge in [-0.15, -0.1) is 0 Å². The Hall–Kier alpha value is -1.62. The van der Waals surface area contributed by atoms with Crippen LogP contribution in [0.15, 0.2) is 18.2 Å². The van der Waals surface area contributed by atoms with Crippen molar-refractivity contribution < 1.29 is 13.9 Å². The van der Waals surface area contributed by atoms with Crippen molar-refractivity contribution in [2.45, 2.75) is 19.9 Å². The van der Waals surface area contributed by atoms with Crippen LogP contribution in [0.1, 0.15) is 13.8 Å². The average molecular weight is 240 g/mol. The van der Waals surface area contributed by atoms with Gasteiger partial charge in [-0.25, -0.2) is 4.39 Å². The smallest absolute Gasteiger partial charge is 0.238 e. The molecule has 0 saturated heterocycles. The van der Waals surface area contributed by atoms with Crippen LogP contribution in [0.2, 0.25) is 0 Å². The van der Waals surface area contributed by atoms with Gasteiger partial charge in [0.15, 0.2) is 11.6 Å². The summed E-state index contributed by atoms with van der Waals surface area (Å²) in [5, 5.41) is 5.64.